The van der Waals surface area contributed by atoms with Crippen molar-refractivity contribution in [1.82, 2.24) is 5.32 Å². The minimum Gasteiger partial charge on any atom is -0.375 e. The van der Waals surface area contributed by atoms with Crippen LogP contribution in [0.2, 0.25) is 0 Å². The molecule has 0 aromatic heterocycles. The molecule has 3 nitrogen and oxygen atoms in total. The van der Waals surface area contributed by atoms with Crippen molar-refractivity contribution in [1.29, 1.82) is 5.26 Å². The minimum atomic E-state index is 0.509. The van der Waals surface area contributed by atoms with Crippen LogP contribution in [0.3, 0.4) is 0 Å². The van der Waals surface area contributed by atoms with Crippen molar-refractivity contribution in [2.45, 2.75) is 13.5 Å². The summed E-state index contributed by atoms with van der Waals surface area (Å²) in [5.74, 6) is 0. The largest absolute Gasteiger partial charge is 0.375 e. The molecule has 0 aliphatic heterocycles. The molecule has 1 rings (SSSR count). The highest BCUT2D eigenvalue weighted by Gasteiger charge is 1.99. The average molecular weight is 204 g/mol. The van der Waals surface area contributed by atoms with Gasteiger partial charge in [-0.2, -0.15) is 5.26 Å². The van der Waals surface area contributed by atoms with E-state index in [9.17, 15) is 0 Å². The van der Waals surface area contributed by atoms with Crippen LogP contribution in [0, 0.1) is 11.3 Å². The Morgan fingerprint density at radius 1 is 1.40 bits per heavy atom. The van der Waals surface area contributed by atoms with Gasteiger partial charge < -0.3 is 10.1 Å². The number of hydrogen-bond acceptors (Lipinski definition) is 3. The molecule has 0 bridgehead atoms. The molecule has 0 saturated carbocycles. The Morgan fingerprint density at radius 2 is 2.20 bits per heavy atom. The monoisotopic (exact) mass is 204 g/mol. The molecule has 1 aromatic carbocycles. The van der Waals surface area contributed by atoms with Gasteiger partial charge in [0.1, 0.15) is 0 Å². The van der Waals surface area contributed by atoms with Crippen LogP contribution >= 0.6 is 0 Å². The van der Waals surface area contributed by atoms with Crippen LogP contribution in [0.25, 0.3) is 0 Å². The lowest BCUT2D eigenvalue weighted by Crippen LogP contribution is -2.18. The van der Waals surface area contributed by atoms with Gasteiger partial charge in [0, 0.05) is 6.54 Å². The molecular weight excluding hydrogens is 188 g/mol. The van der Waals surface area contributed by atoms with E-state index >= 15 is 0 Å². The molecule has 1 N–H and O–H groups in total. The predicted octanol–water partition coefficient (Wildman–Crippen LogP) is 1.68. The van der Waals surface area contributed by atoms with Crippen molar-refractivity contribution in [2.24, 2.45) is 0 Å². The van der Waals surface area contributed by atoms with E-state index in [4.69, 9.17) is 10.00 Å². The minimum absolute atomic E-state index is 0.509. The zero-order chi connectivity index (χ0) is 10.9. The van der Waals surface area contributed by atoms with E-state index in [1.807, 2.05) is 24.3 Å². The maximum atomic E-state index is 8.84. The lowest BCUT2D eigenvalue weighted by Gasteiger charge is -2.05. The van der Waals surface area contributed by atoms with Crippen molar-refractivity contribution < 1.29 is 4.74 Å². The summed E-state index contributed by atoms with van der Waals surface area (Å²) in [4.78, 5) is 0. The zero-order valence-corrected chi connectivity index (χ0v) is 8.99. The lowest BCUT2D eigenvalue weighted by atomic mass is 10.1. The Balaban J connectivity index is 2.34. The van der Waals surface area contributed by atoms with E-state index in [0.29, 0.717) is 18.8 Å². The molecule has 0 aliphatic rings. The first-order chi connectivity index (χ1) is 7.38. The van der Waals surface area contributed by atoms with Crippen LogP contribution in [0.15, 0.2) is 24.3 Å². The summed E-state index contributed by atoms with van der Waals surface area (Å²) in [7, 11) is 0. The van der Waals surface area contributed by atoms with Crippen LogP contribution in [-0.4, -0.2) is 19.7 Å². The fraction of sp³-hybridized carbons (Fsp3) is 0.417. The van der Waals surface area contributed by atoms with Crippen LogP contribution in [0.1, 0.15) is 18.1 Å². The number of likely N-dealkylation sites (N-methyl/N-ethyl adjacent to an activating group) is 1. The Hall–Kier alpha value is -1.37. The Kier molecular flexibility index (Phi) is 5.46. The molecule has 0 amide bonds. The third-order valence-corrected chi connectivity index (χ3v) is 2.07. The second-order valence-corrected chi connectivity index (χ2v) is 3.18. The summed E-state index contributed by atoms with van der Waals surface area (Å²) in [6, 6.07) is 9.67. The first-order valence-corrected chi connectivity index (χ1v) is 5.15. The normalized spacial score (nSPS) is 9.87. The van der Waals surface area contributed by atoms with E-state index in [1.54, 1.807) is 0 Å². The fourth-order valence-electron chi connectivity index (χ4n) is 1.26. The maximum absolute atomic E-state index is 8.84. The van der Waals surface area contributed by atoms with E-state index < -0.39 is 0 Å². The fourth-order valence-corrected chi connectivity index (χ4v) is 1.26. The molecule has 3 heteroatoms. The van der Waals surface area contributed by atoms with Crippen molar-refractivity contribution in [3.05, 3.63) is 35.4 Å². The SMILES string of the molecule is CCNCCOCc1ccccc1C#N. The molecule has 0 aliphatic carbocycles. The smallest absolute Gasteiger partial charge is 0.0995 e. The van der Waals surface area contributed by atoms with E-state index in [0.717, 1.165) is 18.7 Å². The number of nitriles is 1. The second kappa shape index (κ2) is 6.99. The average Bonchev–Trinajstić information content (AvgIpc) is 2.29. The first kappa shape index (κ1) is 11.7. The van der Waals surface area contributed by atoms with Crippen LogP contribution < -0.4 is 5.32 Å². The van der Waals surface area contributed by atoms with Crippen molar-refractivity contribution in [3.63, 3.8) is 0 Å². The maximum Gasteiger partial charge on any atom is 0.0995 e. The van der Waals surface area contributed by atoms with Gasteiger partial charge in [-0.05, 0) is 18.2 Å². The van der Waals surface area contributed by atoms with Crippen molar-refractivity contribution in [3.8, 4) is 6.07 Å². The summed E-state index contributed by atoms with van der Waals surface area (Å²) >= 11 is 0. The van der Waals surface area contributed by atoms with Crippen LogP contribution in [-0.2, 0) is 11.3 Å². The number of benzene rings is 1. The molecular formula is C12H16N2O. The molecule has 0 saturated heterocycles. The standard InChI is InChI=1S/C12H16N2O/c1-2-14-7-8-15-10-12-6-4-3-5-11(12)9-13/h3-6,14H,2,7-8,10H2,1H3. The predicted molar refractivity (Wildman–Crippen MR) is 59.4 cm³/mol. The first-order valence-electron chi connectivity index (χ1n) is 5.15. The van der Waals surface area contributed by atoms with Crippen molar-refractivity contribution >= 4 is 0 Å². The lowest BCUT2D eigenvalue weighted by molar-refractivity contribution is 0.123. The second-order valence-electron chi connectivity index (χ2n) is 3.18. The third-order valence-electron chi connectivity index (χ3n) is 2.07. The zero-order valence-electron chi connectivity index (χ0n) is 8.99. The number of ether oxygens (including phenoxy) is 1. The number of nitrogens with one attached hydrogen (secondary N) is 1. The Morgan fingerprint density at radius 3 is 2.93 bits per heavy atom. The molecule has 0 heterocycles. The summed E-state index contributed by atoms with van der Waals surface area (Å²) in [6.07, 6.45) is 0. The Labute approximate surface area is 90.7 Å². The van der Waals surface area contributed by atoms with Crippen LogP contribution in [0.4, 0.5) is 0 Å². The highest BCUT2D eigenvalue weighted by atomic mass is 16.5. The molecule has 80 valence electrons. The molecule has 0 atom stereocenters. The quantitative estimate of drug-likeness (QED) is 0.717. The van der Waals surface area contributed by atoms with Crippen molar-refractivity contribution in [2.75, 3.05) is 19.7 Å². The van der Waals surface area contributed by atoms with Gasteiger partial charge in [0.25, 0.3) is 0 Å². The van der Waals surface area contributed by atoms with Gasteiger partial charge >= 0.3 is 0 Å². The van der Waals surface area contributed by atoms with Gasteiger partial charge in [-0.25, -0.2) is 0 Å². The molecule has 0 radical (unpaired) electrons. The Bertz CT molecular complexity index is 331. The topological polar surface area (TPSA) is 45.0 Å². The van der Waals surface area contributed by atoms with Gasteiger partial charge in [0.05, 0.1) is 24.8 Å². The number of rotatable bonds is 6. The molecule has 15 heavy (non-hydrogen) atoms. The summed E-state index contributed by atoms with van der Waals surface area (Å²) < 4.78 is 5.45. The van der Waals surface area contributed by atoms with E-state index in [-0.39, 0.29) is 0 Å². The summed E-state index contributed by atoms with van der Waals surface area (Å²) in [6.45, 7) is 5.05. The molecule has 0 unspecified atom stereocenters. The molecule has 1 aromatic rings. The van der Waals surface area contributed by atoms with Gasteiger partial charge in [-0.1, -0.05) is 25.1 Å². The highest BCUT2D eigenvalue weighted by molar-refractivity contribution is 5.36. The van der Waals surface area contributed by atoms with Gasteiger partial charge in [0.2, 0.25) is 0 Å². The third kappa shape index (κ3) is 4.11. The van der Waals surface area contributed by atoms with E-state index in [2.05, 4.69) is 18.3 Å². The highest BCUT2D eigenvalue weighted by Crippen LogP contribution is 2.08. The summed E-state index contributed by atoms with van der Waals surface area (Å²) in [5, 5.41) is 12.0. The molecule has 0 fully saturated rings. The van der Waals surface area contributed by atoms with Gasteiger partial charge in [0.15, 0.2) is 0 Å². The van der Waals surface area contributed by atoms with Gasteiger partial charge in [-0.3, -0.25) is 0 Å². The van der Waals surface area contributed by atoms with Gasteiger partial charge in [-0.15, -0.1) is 0 Å². The summed E-state index contributed by atoms with van der Waals surface area (Å²) in [5.41, 5.74) is 1.65. The molecule has 0 spiro atoms. The number of hydrogen-bond donors (Lipinski definition) is 1. The number of nitrogens with zero attached hydrogens (tertiary/aromatic N) is 1. The van der Waals surface area contributed by atoms with Crippen LogP contribution in [0.5, 0.6) is 0 Å². The van der Waals surface area contributed by atoms with E-state index in [1.165, 1.54) is 0 Å².